The van der Waals surface area contributed by atoms with E-state index in [1.54, 1.807) is 6.26 Å². The maximum Gasteiger partial charge on any atom is 0.110 e. The molecule has 1 aromatic carbocycles. The molecule has 0 aliphatic rings. The zero-order valence-corrected chi connectivity index (χ0v) is 11.9. The third-order valence-corrected chi connectivity index (χ3v) is 3.59. The number of imidazole rings is 1. The average Bonchev–Trinajstić information content (AvgIpc) is 3.06. The first-order chi connectivity index (χ1) is 9.78. The largest absolute Gasteiger partial charge is 0.469 e. The van der Waals surface area contributed by atoms with Crippen molar-refractivity contribution < 1.29 is 4.42 Å². The standard InChI is InChI=1S/C16H19N3O/c1-17-11-12-5-7-14-15(10-12)19(2)16(18-14)8-6-13-4-3-9-20-13/h3-5,7,9-10,17H,6,8,11H2,1-2H3. The number of aromatic nitrogens is 2. The molecule has 0 spiro atoms. The van der Waals surface area contributed by atoms with Crippen molar-refractivity contribution in [1.29, 1.82) is 0 Å². The Morgan fingerprint density at radius 2 is 2.15 bits per heavy atom. The Balaban J connectivity index is 1.86. The first-order valence-electron chi connectivity index (χ1n) is 6.89. The number of nitrogens with one attached hydrogen (secondary N) is 1. The van der Waals surface area contributed by atoms with Crippen LogP contribution in [0, 0.1) is 0 Å². The summed E-state index contributed by atoms with van der Waals surface area (Å²) in [6, 6.07) is 10.4. The van der Waals surface area contributed by atoms with Gasteiger partial charge in [-0.05, 0) is 36.9 Å². The Morgan fingerprint density at radius 3 is 2.90 bits per heavy atom. The molecule has 0 amide bonds. The van der Waals surface area contributed by atoms with E-state index < -0.39 is 0 Å². The fourth-order valence-electron chi connectivity index (χ4n) is 2.51. The molecule has 2 aromatic heterocycles. The summed E-state index contributed by atoms with van der Waals surface area (Å²) in [5, 5.41) is 3.18. The van der Waals surface area contributed by atoms with Crippen LogP contribution in [0.5, 0.6) is 0 Å². The summed E-state index contributed by atoms with van der Waals surface area (Å²) in [6.45, 7) is 0.878. The lowest BCUT2D eigenvalue weighted by molar-refractivity contribution is 0.505. The van der Waals surface area contributed by atoms with Crippen molar-refractivity contribution in [2.75, 3.05) is 7.05 Å². The minimum absolute atomic E-state index is 0.878. The van der Waals surface area contributed by atoms with Gasteiger partial charge in [0.05, 0.1) is 17.3 Å². The Morgan fingerprint density at radius 1 is 1.25 bits per heavy atom. The molecule has 0 unspecified atom stereocenters. The lowest BCUT2D eigenvalue weighted by atomic mass is 10.2. The van der Waals surface area contributed by atoms with Gasteiger partial charge in [-0.3, -0.25) is 0 Å². The van der Waals surface area contributed by atoms with Gasteiger partial charge in [-0.1, -0.05) is 6.07 Å². The number of furan rings is 1. The summed E-state index contributed by atoms with van der Waals surface area (Å²) in [6.07, 6.45) is 3.49. The number of nitrogens with zero attached hydrogens (tertiary/aromatic N) is 2. The maximum atomic E-state index is 5.37. The molecular weight excluding hydrogens is 250 g/mol. The highest BCUT2D eigenvalue weighted by molar-refractivity contribution is 5.76. The molecule has 4 nitrogen and oxygen atoms in total. The van der Waals surface area contributed by atoms with E-state index in [0.29, 0.717) is 0 Å². The SMILES string of the molecule is CNCc1ccc2nc(CCc3ccco3)n(C)c2c1. The van der Waals surface area contributed by atoms with E-state index >= 15 is 0 Å². The fraction of sp³-hybridized carbons (Fsp3) is 0.312. The molecule has 20 heavy (non-hydrogen) atoms. The summed E-state index contributed by atoms with van der Waals surface area (Å²) in [7, 11) is 4.04. The van der Waals surface area contributed by atoms with Crippen molar-refractivity contribution in [1.82, 2.24) is 14.9 Å². The first kappa shape index (κ1) is 12.9. The Hall–Kier alpha value is -2.07. The molecule has 0 saturated heterocycles. The summed E-state index contributed by atoms with van der Waals surface area (Å²) in [5.74, 6) is 2.10. The number of aryl methyl sites for hydroxylation is 3. The van der Waals surface area contributed by atoms with E-state index in [2.05, 4.69) is 35.1 Å². The number of fused-ring (bicyclic) bond motifs is 1. The molecular formula is C16H19N3O. The molecule has 2 heterocycles. The number of benzene rings is 1. The van der Waals surface area contributed by atoms with Gasteiger partial charge in [0, 0.05) is 26.4 Å². The van der Waals surface area contributed by atoms with Crippen LogP contribution in [-0.4, -0.2) is 16.6 Å². The van der Waals surface area contributed by atoms with Crippen molar-refractivity contribution in [2.45, 2.75) is 19.4 Å². The van der Waals surface area contributed by atoms with Crippen LogP contribution in [0.3, 0.4) is 0 Å². The Labute approximate surface area is 118 Å². The van der Waals surface area contributed by atoms with Gasteiger partial charge in [0.15, 0.2) is 0 Å². The van der Waals surface area contributed by atoms with Crippen LogP contribution < -0.4 is 5.32 Å². The zero-order valence-electron chi connectivity index (χ0n) is 11.9. The van der Waals surface area contributed by atoms with Crippen LogP contribution in [0.1, 0.15) is 17.1 Å². The fourth-order valence-corrected chi connectivity index (χ4v) is 2.51. The van der Waals surface area contributed by atoms with Crippen LogP contribution >= 0.6 is 0 Å². The van der Waals surface area contributed by atoms with Gasteiger partial charge in [-0.15, -0.1) is 0 Å². The second-order valence-electron chi connectivity index (χ2n) is 5.02. The van der Waals surface area contributed by atoms with Crippen LogP contribution in [-0.2, 0) is 26.4 Å². The van der Waals surface area contributed by atoms with Gasteiger partial charge >= 0.3 is 0 Å². The number of hydrogen-bond donors (Lipinski definition) is 1. The minimum atomic E-state index is 0.878. The monoisotopic (exact) mass is 269 g/mol. The highest BCUT2D eigenvalue weighted by Gasteiger charge is 2.09. The summed E-state index contributed by atoms with van der Waals surface area (Å²) in [4.78, 5) is 4.71. The Kier molecular flexibility index (Phi) is 3.56. The molecule has 0 aliphatic carbocycles. The molecule has 0 fully saturated rings. The lowest BCUT2D eigenvalue weighted by Gasteiger charge is -2.03. The molecule has 0 bridgehead atoms. The highest BCUT2D eigenvalue weighted by atomic mass is 16.3. The molecule has 0 saturated carbocycles. The minimum Gasteiger partial charge on any atom is -0.469 e. The smallest absolute Gasteiger partial charge is 0.110 e. The van der Waals surface area contributed by atoms with Crippen LogP contribution in [0.4, 0.5) is 0 Å². The molecule has 0 aliphatic heterocycles. The second-order valence-corrected chi connectivity index (χ2v) is 5.02. The molecule has 104 valence electrons. The van der Waals surface area contributed by atoms with Crippen molar-refractivity contribution >= 4 is 11.0 Å². The quantitative estimate of drug-likeness (QED) is 0.774. The van der Waals surface area contributed by atoms with E-state index in [1.807, 2.05) is 19.2 Å². The molecule has 0 radical (unpaired) electrons. The van der Waals surface area contributed by atoms with E-state index in [9.17, 15) is 0 Å². The maximum absolute atomic E-state index is 5.37. The summed E-state index contributed by atoms with van der Waals surface area (Å²) >= 11 is 0. The topological polar surface area (TPSA) is 43.0 Å². The van der Waals surface area contributed by atoms with Crippen LogP contribution in [0.25, 0.3) is 11.0 Å². The second kappa shape index (κ2) is 5.51. The number of rotatable bonds is 5. The van der Waals surface area contributed by atoms with E-state index in [4.69, 9.17) is 9.40 Å². The van der Waals surface area contributed by atoms with Gasteiger partial charge in [0.2, 0.25) is 0 Å². The highest BCUT2D eigenvalue weighted by Crippen LogP contribution is 2.18. The molecule has 3 rings (SSSR count). The molecule has 1 N–H and O–H groups in total. The predicted molar refractivity (Wildman–Crippen MR) is 79.6 cm³/mol. The number of hydrogen-bond acceptors (Lipinski definition) is 3. The van der Waals surface area contributed by atoms with Gasteiger partial charge in [0.25, 0.3) is 0 Å². The lowest BCUT2D eigenvalue weighted by Crippen LogP contribution is -2.05. The average molecular weight is 269 g/mol. The van der Waals surface area contributed by atoms with E-state index in [-0.39, 0.29) is 0 Å². The van der Waals surface area contributed by atoms with Crippen LogP contribution in [0.15, 0.2) is 41.0 Å². The predicted octanol–water partition coefficient (Wildman–Crippen LogP) is 2.67. The van der Waals surface area contributed by atoms with E-state index in [1.165, 1.54) is 11.1 Å². The molecule has 0 atom stereocenters. The summed E-state index contributed by atoms with van der Waals surface area (Å²) < 4.78 is 7.55. The normalized spacial score (nSPS) is 11.3. The molecule has 4 heteroatoms. The van der Waals surface area contributed by atoms with Gasteiger partial charge < -0.3 is 14.3 Å². The molecule has 3 aromatic rings. The first-order valence-corrected chi connectivity index (χ1v) is 6.89. The van der Waals surface area contributed by atoms with Crippen LogP contribution in [0.2, 0.25) is 0 Å². The van der Waals surface area contributed by atoms with E-state index in [0.717, 1.165) is 36.5 Å². The van der Waals surface area contributed by atoms with Gasteiger partial charge in [0.1, 0.15) is 11.6 Å². The van der Waals surface area contributed by atoms with Gasteiger partial charge in [-0.2, -0.15) is 0 Å². The van der Waals surface area contributed by atoms with Crippen molar-refractivity contribution in [3.05, 3.63) is 53.7 Å². The van der Waals surface area contributed by atoms with Crippen molar-refractivity contribution in [3.8, 4) is 0 Å². The third-order valence-electron chi connectivity index (χ3n) is 3.59. The summed E-state index contributed by atoms with van der Waals surface area (Å²) in [5.41, 5.74) is 3.52. The Bertz CT molecular complexity index is 698. The van der Waals surface area contributed by atoms with Crippen molar-refractivity contribution in [2.24, 2.45) is 7.05 Å². The van der Waals surface area contributed by atoms with Crippen molar-refractivity contribution in [3.63, 3.8) is 0 Å². The zero-order chi connectivity index (χ0) is 13.9. The third kappa shape index (κ3) is 2.47. The van der Waals surface area contributed by atoms with Gasteiger partial charge in [-0.25, -0.2) is 4.98 Å².